The first-order valence-electron chi connectivity index (χ1n) is 11.9. The molecule has 2 heterocycles. The summed E-state index contributed by atoms with van der Waals surface area (Å²) in [6.07, 6.45) is 5.82. The van der Waals surface area contributed by atoms with Crippen molar-refractivity contribution in [2.45, 2.75) is 51.2 Å². The van der Waals surface area contributed by atoms with E-state index in [1.807, 2.05) is 33.8 Å². The number of anilines is 1. The average molecular weight is 559 g/mol. The zero-order valence-corrected chi connectivity index (χ0v) is 22.8. The fourth-order valence-electron chi connectivity index (χ4n) is 3.89. The molecular formula is C27H28F2N4O5S. The number of fused-ring (bicyclic) bond motifs is 1. The van der Waals surface area contributed by atoms with E-state index in [1.54, 1.807) is 35.3 Å². The third-order valence-electron chi connectivity index (χ3n) is 5.76. The van der Waals surface area contributed by atoms with Crippen molar-refractivity contribution < 1.29 is 31.5 Å². The van der Waals surface area contributed by atoms with E-state index in [2.05, 4.69) is 20.1 Å². The molecule has 0 atom stereocenters. The van der Waals surface area contributed by atoms with Crippen LogP contribution in [0.3, 0.4) is 0 Å². The maximum absolute atomic E-state index is 12.9. The minimum Gasteiger partial charge on any atom is -0.456 e. The predicted molar refractivity (Wildman–Crippen MR) is 142 cm³/mol. The molecule has 0 saturated heterocycles. The van der Waals surface area contributed by atoms with Crippen LogP contribution in [0.5, 0.6) is 17.2 Å². The quantitative estimate of drug-likeness (QED) is 0.305. The maximum Gasteiger partial charge on any atom is 0.387 e. The Kier molecular flexibility index (Phi) is 7.60. The van der Waals surface area contributed by atoms with Crippen molar-refractivity contribution >= 4 is 32.3 Å². The van der Waals surface area contributed by atoms with Crippen LogP contribution in [0.25, 0.3) is 10.9 Å². The van der Waals surface area contributed by atoms with E-state index in [9.17, 15) is 22.0 Å². The number of nitrogens with one attached hydrogen (secondary N) is 1. The highest BCUT2D eigenvalue weighted by Gasteiger charge is 2.21. The third kappa shape index (κ3) is 6.69. The molecular weight excluding hydrogens is 530 g/mol. The summed E-state index contributed by atoms with van der Waals surface area (Å²) >= 11 is 0. The number of ether oxygens (including phenoxy) is 2. The van der Waals surface area contributed by atoms with Gasteiger partial charge in [0, 0.05) is 30.1 Å². The molecule has 0 saturated carbocycles. The number of rotatable bonds is 8. The first-order valence-corrected chi connectivity index (χ1v) is 13.8. The number of aryl methyl sites for hydroxylation is 1. The molecule has 0 fully saturated rings. The lowest BCUT2D eigenvalue weighted by Crippen LogP contribution is -2.22. The Morgan fingerprint density at radius 1 is 1.10 bits per heavy atom. The number of pyridine rings is 1. The van der Waals surface area contributed by atoms with Crippen LogP contribution in [-0.4, -0.2) is 42.0 Å². The average Bonchev–Trinajstić information content (AvgIpc) is 3.28. The Morgan fingerprint density at radius 3 is 2.46 bits per heavy atom. The van der Waals surface area contributed by atoms with E-state index in [4.69, 9.17) is 4.74 Å². The molecule has 2 aromatic heterocycles. The summed E-state index contributed by atoms with van der Waals surface area (Å²) in [7, 11) is -3.90. The van der Waals surface area contributed by atoms with E-state index in [0.29, 0.717) is 16.8 Å². The molecule has 12 heteroatoms. The number of sulfone groups is 1. The van der Waals surface area contributed by atoms with Gasteiger partial charge in [-0.25, -0.2) is 8.42 Å². The maximum atomic E-state index is 12.9. The Labute approximate surface area is 224 Å². The summed E-state index contributed by atoms with van der Waals surface area (Å²) < 4.78 is 62.5. The lowest BCUT2D eigenvalue weighted by molar-refractivity contribution is -0.115. The highest BCUT2D eigenvalue weighted by atomic mass is 32.2. The summed E-state index contributed by atoms with van der Waals surface area (Å²) in [6, 6.07) is 9.16. The lowest BCUT2D eigenvalue weighted by atomic mass is 10.1. The molecule has 1 N–H and O–H groups in total. The molecule has 0 unspecified atom stereocenters. The van der Waals surface area contributed by atoms with Crippen molar-refractivity contribution in [1.82, 2.24) is 14.8 Å². The molecule has 4 aromatic rings. The van der Waals surface area contributed by atoms with Gasteiger partial charge in [0.2, 0.25) is 5.91 Å². The van der Waals surface area contributed by atoms with Gasteiger partial charge in [-0.05, 0) is 57.0 Å². The van der Waals surface area contributed by atoms with Gasteiger partial charge in [0.05, 0.1) is 29.4 Å². The Bertz CT molecular complexity index is 1650. The molecule has 206 valence electrons. The Morgan fingerprint density at radius 2 is 1.85 bits per heavy atom. The molecule has 0 spiro atoms. The van der Waals surface area contributed by atoms with Crippen LogP contribution >= 0.6 is 0 Å². The predicted octanol–water partition coefficient (Wildman–Crippen LogP) is 5.47. The van der Waals surface area contributed by atoms with E-state index in [0.717, 1.165) is 23.4 Å². The summed E-state index contributed by atoms with van der Waals surface area (Å²) in [6.45, 7) is 4.64. The van der Waals surface area contributed by atoms with Gasteiger partial charge in [0.1, 0.15) is 22.1 Å². The normalized spacial score (nSPS) is 12.1. The van der Waals surface area contributed by atoms with E-state index >= 15 is 0 Å². The summed E-state index contributed by atoms with van der Waals surface area (Å²) in [5, 5.41) is 7.43. The molecule has 39 heavy (non-hydrogen) atoms. The van der Waals surface area contributed by atoms with Crippen LogP contribution in [-0.2, 0) is 26.6 Å². The van der Waals surface area contributed by atoms with E-state index in [1.165, 1.54) is 12.3 Å². The minimum atomic E-state index is -3.90. The first-order chi connectivity index (χ1) is 18.2. The second kappa shape index (κ2) is 10.6. The summed E-state index contributed by atoms with van der Waals surface area (Å²) in [5.74, 6) is 0.0471. The molecule has 9 nitrogen and oxygen atoms in total. The fraction of sp³-hybridized carbons (Fsp3) is 0.296. The molecule has 2 aromatic carbocycles. The van der Waals surface area contributed by atoms with Crippen LogP contribution in [0.2, 0.25) is 0 Å². The molecule has 0 aliphatic heterocycles. The number of alkyl halides is 2. The number of halogens is 2. The van der Waals surface area contributed by atoms with E-state index < -0.39 is 27.1 Å². The van der Waals surface area contributed by atoms with Crippen molar-refractivity contribution in [2.75, 3.05) is 11.6 Å². The standard InChI is InChI=1S/C27H28F2N4O5S/c1-16-10-17(11-25(34)32-18-14-31-33(15-18)27(2,3)4)6-7-21(16)37-22-8-9-30-20-13-23(38-26(28)29)24(12-19(20)22)39(5,35)36/h6-10,12-15,26H,11H2,1-5H3,(H,32,34). The van der Waals surface area contributed by atoms with Gasteiger partial charge in [-0.3, -0.25) is 14.5 Å². The number of amides is 1. The van der Waals surface area contributed by atoms with Crippen molar-refractivity contribution in [3.63, 3.8) is 0 Å². The van der Waals surface area contributed by atoms with Gasteiger partial charge in [0.25, 0.3) is 0 Å². The zero-order chi connectivity index (χ0) is 28.5. The van der Waals surface area contributed by atoms with Gasteiger partial charge < -0.3 is 14.8 Å². The second-order valence-electron chi connectivity index (χ2n) is 10.0. The summed E-state index contributed by atoms with van der Waals surface area (Å²) in [5.41, 5.74) is 2.10. The van der Waals surface area contributed by atoms with Crippen molar-refractivity contribution in [2.24, 2.45) is 0 Å². The van der Waals surface area contributed by atoms with Gasteiger partial charge in [-0.1, -0.05) is 12.1 Å². The number of hydrogen-bond donors (Lipinski definition) is 1. The molecule has 0 aliphatic carbocycles. The SMILES string of the molecule is Cc1cc(CC(=O)Nc2cnn(C(C)(C)C)c2)ccc1Oc1ccnc2cc(OC(F)F)c(S(C)(=O)=O)cc12. The Hall–Kier alpha value is -4.06. The molecule has 0 radical (unpaired) electrons. The van der Waals surface area contributed by atoms with Crippen LogP contribution in [0.4, 0.5) is 14.5 Å². The molecule has 0 aliphatic rings. The lowest BCUT2D eigenvalue weighted by Gasteiger charge is -2.18. The number of hydrogen-bond acceptors (Lipinski definition) is 7. The number of carbonyl (C=O) groups is 1. The van der Waals surface area contributed by atoms with Gasteiger partial charge in [-0.2, -0.15) is 13.9 Å². The van der Waals surface area contributed by atoms with Gasteiger partial charge >= 0.3 is 6.61 Å². The highest BCUT2D eigenvalue weighted by molar-refractivity contribution is 7.90. The smallest absolute Gasteiger partial charge is 0.387 e. The molecule has 1 amide bonds. The van der Waals surface area contributed by atoms with Crippen LogP contribution in [0.1, 0.15) is 31.9 Å². The van der Waals surface area contributed by atoms with Crippen molar-refractivity contribution in [1.29, 1.82) is 0 Å². The number of carbonyl (C=O) groups excluding carboxylic acids is 1. The number of aromatic nitrogens is 3. The number of nitrogens with zero attached hydrogens (tertiary/aromatic N) is 3. The first kappa shape index (κ1) is 28.0. The second-order valence-corrected chi connectivity index (χ2v) is 12.0. The van der Waals surface area contributed by atoms with Crippen molar-refractivity contribution in [3.05, 3.63) is 66.1 Å². The Balaban J connectivity index is 1.55. The topological polar surface area (TPSA) is 112 Å². The van der Waals surface area contributed by atoms with Crippen LogP contribution < -0.4 is 14.8 Å². The van der Waals surface area contributed by atoms with Gasteiger partial charge in [0.15, 0.2) is 9.84 Å². The van der Waals surface area contributed by atoms with Gasteiger partial charge in [-0.15, -0.1) is 0 Å². The summed E-state index contributed by atoms with van der Waals surface area (Å²) in [4.78, 5) is 16.3. The monoisotopic (exact) mass is 558 g/mol. The fourth-order valence-corrected chi connectivity index (χ4v) is 4.70. The zero-order valence-electron chi connectivity index (χ0n) is 22.0. The highest BCUT2D eigenvalue weighted by Crippen LogP contribution is 2.36. The van der Waals surface area contributed by atoms with Crippen LogP contribution in [0, 0.1) is 6.92 Å². The van der Waals surface area contributed by atoms with Crippen LogP contribution in [0.15, 0.2) is 59.9 Å². The molecule has 4 rings (SSSR count). The number of benzene rings is 2. The van der Waals surface area contributed by atoms with Crippen molar-refractivity contribution in [3.8, 4) is 17.2 Å². The largest absolute Gasteiger partial charge is 0.456 e. The van der Waals surface area contributed by atoms with E-state index in [-0.39, 0.29) is 29.1 Å². The minimum absolute atomic E-state index is 0.130. The third-order valence-corrected chi connectivity index (χ3v) is 6.88. The molecule has 0 bridgehead atoms.